The zero-order chi connectivity index (χ0) is 24.2. The molecule has 0 rings (SSSR count). The molecule has 7 heteroatoms. The molecule has 0 saturated heterocycles. The van der Waals surface area contributed by atoms with Crippen LogP contribution in [0.1, 0.15) is 89.0 Å². The van der Waals surface area contributed by atoms with Gasteiger partial charge in [0.2, 0.25) is 0 Å². The first-order valence-corrected chi connectivity index (χ1v) is 11.6. The Kier molecular flexibility index (Phi) is 10.7. The summed E-state index contributed by atoms with van der Waals surface area (Å²) in [6.45, 7) is 23.6. The summed E-state index contributed by atoms with van der Waals surface area (Å²) in [4.78, 5) is 0. The Hall–Kier alpha value is -0.0701. The molecule has 3 N–H and O–H groups in total. The molecule has 0 radical (unpaired) electrons. The van der Waals surface area contributed by atoms with E-state index in [0.29, 0.717) is 13.2 Å². The fourth-order valence-corrected chi connectivity index (χ4v) is 3.18. The summed E-state index contributed by atoms with van der Waals surface area (Å²) >= 11 is 0. The highest BCUT2D eigenvalue weighted by Gasteiger charge is 2.42. The van der Waals surface area contributed by atoms with E-state index in [1.807, 2.05) is 27.7 Å². The smallest absolute Gasteiger partial charge is 0.143 e. The van der Waals surface area contributed by atoms with Gasteiger partial charge in [-0.15, -0.1) is 0 Å². The van der Waals surface area contributed by atoms with Crippen LogP contribution in [0.3, 0.4) is 0 Å². The maximum Gasteiger partial charge on any atom is 0.143 e. The average Bonchev–Trinajstić information content (AvgIpc) is 2.49. The lowest BCUT2D eigenvalue weighted by molar-refractivity contribution is -0.141. The number of rotatable bonds is 14. The fourth-order valence-electron chi connectivity index (χ4n) is 3.18. The van der Waals surface area contributed by atoms with Crippen molar-refractivity contribution in [2.75, 3.05) is 13.2 Å². The standard InChI is InChI=1S/C23H51B2NO4/c1-16(21(8,9)27)15-29-22(10,25)19(4,5)12-13-28-23(11,26)20(6,7)14-17(2)30-18(3)24/h16-18,27H,12-15,24-26H2,1-11H3. The van der Waals surface area contributed by atoms with E-state index in [9.17, 15) is 5.11 Å². The number of nitrogens with two attached hydrogens (primary N) is 1. The van der Waals surface area contributed by atoms with Crippen molar-refractivity contribution in [2.24, 2.45) is 22.5 Å². The van der Waals surface area contributed by atoms with Crippen molar-refractivity contribution < 1.29 is 19.3 Å². The Morgan fingerprint density at radius 1 is 0.900 bits per heavy atom. The van der Waals surface area contributed by atoms with Gasteiger partial charge in [0.15, 0.2) is 0 Å². The van der Waals surface area contributed by atoms with E-state index in [-0.39, 0.29) is 34.4 Å². The molecule has 0 bridgehead atoms. The maximum atomic E-state index is 10.2. The Morgan fingerprint density at radius 3 is 1.83 bits per heavy atom. The monoisotopic (exact) mass is 427 g/mol. The summed E-state index contributed by atoms with van der Waals surface area (Å²) < 4.78 is 18.4. The molecule has 30 heavy (non-hydrogen) atoms. The van der Waals surface area contributed by atoms with Gasteiger partial charge in [0.1, 0.15) is 21.4 Å². The molecule has 0 aromatic rings. The molecule has 178 valence electrons. The molecular formula is C23H51B2NO4. The van der Waals surface area contributed by atoms with E-state index >= 15 is 0 Å². The molecule has 0 aromatic heterocycles. The van der Waals surface area contributed by atoms with Gasteiger partial charge in [-0.3, -0.25) is 0 Å². The third kappa shape index (κ3) is 9.20. The zero-order valence-electron chi connectivity index (χ0n) is 22.3. The summed E-state index contributed by atoms with van der Waals surface area (Å²) in [5.41, 5.74) is 4.37. The molecule has 5 nitrogen and oxygen atoms in total. The topological polar surface area (TPSA) is 73.9 Å². The van der Waals surface area contributed by atoms with Gasteiger partial charge in [-0.1, -0.05) is 34.6 Å². The predicted molar refractivity (Wildman–Crippen MR) is 132 cm³/mol. The van der Waals surface area contributed by atoms with Gasteiger partial charge >= 0.3 is 0 Å². The minimum Gasteiger partial charge on any atom is -0.390 e. The summed E-state index contributed by atoms with van der Waals surface area (Å²) in [6, 6.07) is 0.197. The Bertz CT molecular complexity index is 514. The van der Waals surface area contributed by atoms with Crippen molar-refractivity contribution in [1.29, 1.82) is 0 Å². The molecule has 0 heterocycles. The van der Waals surface area contributed by atoms with E-state index in [1.165, 1.54) is 0 Å². The Balaban J connectivity index is 4.87. The normalized spacial score (nSPS) is 20.8. The zero-order valence-corrected chi connectivity index (χ0v) is 22.3. The molecule has 0 fully saturated rings. The van der Waals surface area contributed by atoms with E-state index < -0.39 is 11.3 Å². The largest absolute Gasteiger partial charge is 0.390 e. The van der Waals surface area contributed by atoms with E-state index in [4.69, 9.17) is 19.9 Å². The number of aliphatic hydroxyl groups is 1. The van der Waals surface area contributed by atoms with Crippen LogP contribution in [-0.2, 0) is 14.2 Å². The number of ether oxygens (including phenoxy) is 3. The first kappa shape index (κ1) is 29.9. The second-order valence-corrected chi connectivity index (χ2v) is 12.0. The molecule has 0 aliphatic rings. The highest BCUT2D eigenvalue weighted by Crippen LogP contribution is 2.39. The van der Waals surface area contributed by atoms with Crippen molar-refractivity contribution in [3.05, 3.63) is 0 Å². The van der Waals surface area contributed by atoms with E-state index in [0.717, 1.165) is 12.8 Å². The lowest BCUT2D eigenvalue weighted by Crippen LogP contribution is -2.54. The molecule has 0 aliphatic heterocycles. The van der Waals surface area contributed by atoms with Gasteiger partial charge in [0.25, 0.3) is 0 Å². The first-order valence-electron chi connectivity index (χ1n) is 11.6. The van der Waals surface area contributed by atoms with Crippen molar-refractivity contribution >= 4 is 15.7 Å². The minimum absolute atomic E-state index is 0.0482. The number of hydrogen-bond acceptors (Lipinski definition) is 5. The highest BCUT2D eigenvalue weighted by atomic mass is 16.5. The first-order chi connectivity index (χ1) is 13.1. The SMILES string of the molecule is BC(C)OC(C)CC(C)(C)C(C)(N)OCCC(C)(C)C(B)(C)OCC(C)C(C)(C)O. The van der Waals surface area contributed by atoms with Crippen molar-refractivity contribution in [2.45, 2.75) is 118 Å². The number of hydrogen-bond donors (Lipinski definition) is 2. The van der Waals surface area contributed by atoms with Crippen molar-refractivity contribution in [1.82, 2.24) is 0 Å². The van der Waals surface area contributed by atoms with Gasteiger partial charge in [0.05, 0.1) is 18.3 Å². The second-order valence-electron chi connectivity index (χ2n) is 12.0. The van der Waals surface area contributed by atoms with Crippen LogP contribution in [0.15, 0.2) is 0 Å². The lowest BCUT2D eigenvalue weighted by atomic mass is 9.62. The Morgan fingerprint density at radius 2 is 1.40 bits per heavy atom. The van der Waals surface area contributed by atoms with Gasteiger partial charge < -0.3 is 25.1 Å². The highest BCUT2D eigenvalue weighted by molar-refractivity contribution is 6.14. The third-order valence-electron chi connectivity index (χ3n) is 7.31. The van der Waals surface area contributed by atoms with E-state index in [2.05, 4.69) is 64.2 Å². The molecule has 5 atom stereocenters. The predicted octanol–water partition coefficient (Wildman–Crippen LogP) is 2.67. The van der Waals surface area contributed by atoms with Crippen molar-refractivity contribution in [3.63, 3.8) is 0 Å². The molecule has 0 amide bonds. The summed E-state index contributed by atoms with van der Waals surface area (Å²) in [5.74, 6) is 0.0482. The maximum absolute atomic E-state index is 10.2. The van der Waals surface area contributed by atoms with Crippen LogP contribution in [-0.4, -0.2) is 62.9 Å². The van der Waals surface area contributed by atoms with Gasteiger partial charge in [-0.2, -0.15) is 0 Å². The quantitative estimate of drug-likeness (QED) is 0.330. The van der Waals surface area contributed by atoms with Crippen LogP contribution in [0.25, 0.3) is 0 Å². The molecule has 5 unspecified atom stereocenters. The lowest BCUT2D eigenvalue weighted by Gasteiger charge is -2.45. The van der Waals surface area contributed by atoms with Crippen LogP contribution in [0.2, 0.25) is 0 Å². The summed E-state index contributed by atoms with van der Waals surface area (Å²) in [5, 5.41) is 10.2. The molecule has 0 spiro atoms. The fraction of sp³-hybridized carbons (Fsp3) is 1.00. The minimum atomic E-state index is -0.766. The average molecular weight is 427 g/mol. The van der Waals surface area contributed by atoms with Crippen LogP contribution in [0.5, 0.6) is 0 Å². The van der Waals surface area contributed by atoms with Gasteiger partial charge in [0, 0.05) is 29.4 Å². The van der Waals surface area contributed by atoms with Crippen LogP contribution >= 0.6 is 0 Å². The van der Waals surface area contributed by atoms with Crippen LogP contribution in [0.4, 0.5) is 0 Å². The van der Waals surface area contributed by atoms with Gasteiger partial charge in [-0.25, -0.2) is 0 Å². The third-order valence-corrected chi connectivity index (χ3v) is 7.31. The molecule has 0 aliphatic carbocycles. The van der Waals surface area contributed by atoms with Crippen LogP contribution < -0.4 is 5.73 Å². The van der Waals surface area contributed by atoms with Crippen LogP contribution in [0, 0.1) is 16.7 Å². The van der Waals surface area contributed by atoms with Crippen molar-refractivity contribution in [3.8, 4) is 0 Å². The van der Waals surface area contributed by atoms with Gasteiger partial charge in [-0.05, 0) is 59.8 Å². The molecular weight excluding hydrogens is 376 g/mol. The Labute approximate surface area is 189 Å². The molecule has 0 aromatic carbocycles. The summed E-state index contributed by atoms with van der Waals surface area (Å²) in [6.07, 6.45) is 1.76. The van der Waals surface area contributed by atoms with E-state index in [1.54, 1.807) is 0 Å². The second kappa shape index (κ2) is 10.7. The summed E-state index contributed by atoms with van der Waals surface area (Å²) in [7, 11) is 4.16. The molecule has 0 saturated carbocycles.